The van der Waals surface area contributed by atoms with Gasteiger partial charge in [-0.05, 0) is 30.2 Å². The lowest BCUT2D eigenvalue weighted by Crippen LogP contribution is -2.72. The van der Waals surface area contributed by atoms with Crippen LogP contribution in [0.2, 0.25) is 10.0 Å². The van der Waals surface area contributed by atoms with Crippen LogP contribution in [0.5, 0.6) is 0 Å². The summed E-state index contributed by atoms with van der Waals surface area (Å²) in [6.07, 6.45) is -0.756. The van der Waals surface area contributed by atoms with E-state index in [0.29, 0.717) is 28.7 Å². The molecule has 2 fully saturated rings. The van der Waals surface area contributed by atoms with Gasteiger partial charge in [0, 0.05) is 28.7 Å². The van der Waals surface area contributed by atoms with Gasteiger partial charge in [-0.3, -0.25) is 19.7 Å². The molecule has 168 valence electrons. The topological polar surface area (TPSA) is 111 Å². The summed E-state index contributed by atoms with van der Waals surface area (Å²) in [6, 6.07) is 14.7. The third-order valence-corrected chi connectivity index (χ3v) is 5.95. The molecule has 2 aromatic carbocycles. The molecule has 2 aromatic rings. The maximum Gasteiger partial charge on any atom is 0.229 e. The maximum absolute atomic E-state index is 12.9. The zero-order valence-electron chi connectivity index (χ0n) is 17.0. The van der Waals surface area contributed by atoms with Gasteiger partial charge in [-0.25, -0.2) is 0 Å². The lowest BCUT2D eigenvalue weighted by atomic mass is 9.81. The lowest BCUT2D eigenvalue weighted by Gasteiger charge is -2.43. The van der Waals surface area contributed by atoms with Crippen LogP contribution in [-0.2, 0) is 20.8 Å². The highest BCUT2D eigenvalue weighted by Gasteiger charge is 2.48. The first-order chi connectivity index (χ1) is 15.4. The number of amides is 3. The molecule has 2 aliphatic rings. The van der Waals surface area contributed by atoms with Gasteiger partial charge in [0.05, 0.1) is 18.0 Å². The maximum atomic E-state index is 12.9. The van der Waals surface area contributed by atoms with Crippen molar-refractivity contribution in [3.63, 3.8) is 0 Å². The number of piperidine rings is 1. The fraction of sp³-hybridized carbons (Fsp3) is 0.318. The second-order valence-electron chi connectivity index (χ2n) is 7.82. The molecule has 2 aliphatic heterocycles. The van der Waals surface area contributed by atoms with Crippen molar-refractivity contribution in [1.82, 2.24) is 21.3 Å². The molecule has 10 heteroatoms. The standard InChI is InChI=1S/C22H23Cl2N5O3/c23-13-8-14(24)10-15(9-13)26-22-28-19-18(21(32)29-22)16(11-17(30)27-19)20(31)25-7-6-12-4-2-1-3-5-12/h1-5,8-10,16,18-19,22,26,28H,6-7,11H2,(H,25,31)(H,27,30)(H,29,32). The highest BCUT2D eigenvalue weighted by atomic mass is 35.5. The summed E-state index contributed by atoms with van der Waals surface area (Å²) in [7, 11) is 0. The summed E-state index contributed by atoms with van der Waals surface area (Å²) < 4.78 is 0. The molecular weight excluding hydrogens is 453 g/mol. The van der Waals surface area contributed by atoms with Gasteiger partial charge in [0.2, 0.25) is 17.7 Å². The Bertz CT molecular complexity index is 1000. The van der Waals surface area contributed by atoms with E-state index in [1.807, 2.05) is 30.3 Å². The molecule has 4 atom stereocenters. The van der Waals surface area contributed by atoms with Crippen molar-refractivity contribution in [3.8, 4) is 0 Å². The fourth-order valence-corrected chi connectivity index (χ4v) is 4.59. The van der Waals surface area contributed by atoms with Gasteiger partial charge in [0.25, 0.3) is 0 Å². The second-order valence-corrected chi connectivity index (χ2v) is 8.69. The van der Waals surface area contributed by atoms with E-state index in [1.165, 1.54) is 0 Å². The van der Waals surface area contributed by atoms with E-state index in [0.717, 1.165) is 5.56 Å². The number of carbonyl (C=O) groups excluding carboxylic acids is 3. The number of nitrogens with one attached hydrogen (secondary N) is 5. The van der Waals surface area contributed by atoms with Gasteiger partial charge in [-0.1, -0.05) is 53.5 Å². The zero-order chi connectivity index (χ0) is 22.7. The van der Waals surface area contributed by atoms with Crippen molar-refractivity contribution >= 4 is 46.6 Å². The van der Waals surface area contributed by atoms with E-state index < -0.39 is 24.3 Å². The van der Waals surface area contributed by atoms with Crippen LogP contribution >= 0.6 is 23.2 Å². The van der Waals surface area contributed by atoms with E-state index in [4.69, 9.17) is 23.2 Å². The van der Waals surface area contributed by atoms with Gasteiger partial charge in [-0.2, -0.15) is 0 Å². The van der Waals surface area contributed by atoms with Gasteiger partial charge in [0.1, 0.15) is 0 Å². The number of anilines is 1. The van der Waals surface area contributed by atoms with Crippen LogP contribution in [0, 0.1) is 11.8 Å². The van der Waals surface area contributed by atoms with Crippen LogP contribution < -0.4 is 26.6 Å². The molecular formula is C22H23Cl2N5O3. The first-order valence-corrected chi connectivity index (χ1v) is 11.0. The molecule has 0 spiro atoms. The van der Waals surface area contributed by atoms with Gasteiger partial charge < -0.3 is 21.3 Å². The van der Waals surface area contributed by atoms with Gasteiger partial charge in [0.15, 0.2) is 6.29 Å². The average molecular weight is 476 g/mol. The Morgan fingerprint density at radius 3 is 2.47 bits per heavy atom. The van der Waals surface area contributed by atoms with Crippen molar-refractivity contribution in [2.45, 2.75) is 25.3 Å². The average Bonchev–Trinajstić information content (AvgIpc) is 2.72. The number of halogens is 2. The Morgan fingerprint density at radius 2 is 1.75 bits per heavy atom. The minimum absolute atomic E-state index is 0.0462. The van der Waals surface area contributed by atoms with E-state index in [-0.39, 0.29) is 24.1 Å². The van der Waals surface area contributed by atoms with E-state index in [1.54, 1.807) is 18.2 Å². The Hall–Kier alpha value is -2.81. The summed E-state index contributed by atoms with van der Waals surface area (Å²) in [4.78, 5) is 38.0. The third kappa shape index (κ3) is 5.32. The van der Waals surface area contributed by atoms with Crippen LogP contribution in [0.4, 0.5) is 5.69 Å². The largest absolute Gasteiger partial charge is 0.355 e. The quantitative estimate of drug-likeness (QED) is 0.437. The lowest BCUT2D eigenvalue weighted by molar-refractivity contribution is -0.146. The third-order valence-electron chi connectivity index (χ3n) is 5.52. The summed E-state index contributed by atoms with van der Waals surface area (Å²) in [5, 5.41) is 15.5. The van der Waals surface area contributed by atoms with Crippen LogP contribution in [-0.4, -0.2) is 36.7 Å². The van der Waals surface area contributed by atoms with Crippen molar-refractivity contribution in [2.75, 3.05) is 11.9 Å². The van der Waals surface area contributed by atoms with Crippen LogP contribution in [0.1, 0.15) is 12.0 Å². The number of benzene rings is 2. The Kier molecular flexibility index (Phi) is 6.83. The number of rotatable bonds is 6. The Morgan fingerprint density at radius 1 is 1.03 bits per heavy atom. The highest BCUT2D eigenvalue weighted by Crippen LogP contribution is 2.28. The zero-order valence-corrected chi connectivity index (χ0v) is 18.5. The number of hydrogen-bond donors (Lipinski definition) is 5. The molecule has 32 heavy (non-hydrogen) atoms. The molecule has 0 radical (unpaired) electrons. The fourth-order valence-electron chi connectivity index (χ4n) is 4.06. The Balaban J connectivity index is 1.39. The highest BCUT2D eigenvalue weighted by molar-refractivity contribution is 6.35. The van der Waals surface area contributed by atoms with Crippen molar-refractivity contribution in [3.05, 3.63) is 64.1 Å². The first kappa shape index (κ1) is 22.4. The molecule has 0 bridgehead atoms. The molecule has 0 aromatic heterocycles. The Labute approximate surface area is 195 Å². The molecule has 0 aliphatic carbocycles. The van der Waals surface area contributed by atoms with E-state index in [2.05, 4.69) is 26.6 Å². The predicted octanol–water partition coefficient (Wildman–Crippen LogP) is 1.85. The second kappa shape index (κ2) is 9.77. The predicted molar refractivity (Wildman–Crippen MR) is 122 cm³/mol. The number of carbonyl (C=O) groups is 3. The van der Waals surface area contributed by atoms with Crippen LogP contribution in [0.15, 0.2) is 48.5 Å². The summed E-state index contributed by atoms with van der Waals surface area (Å²) in [5.74, 6) is -2.43. The minimum atomic E-state index is -0.765. The smallest absolute Gasteiger partial charge is 0.229 e. The van der Waals surface area contributed by atoms with E-state index >= 15 is 0 Å². The van der Waals surface area contributed by atoms with Crippen LogP contribution in [0.25, 0.3) is 0 Å². The minimum Gasteiger partial charge on any atom is -0.355 e. The molecule has 4 unspecified atom stereocenters. The molecule has 4 rings (SSSR count). The normalized spacial score (nSPS) is 24.7. The molecule has 2 saturated heterocycles. The van der Waals surface area contributed by atoms with Crippen molar-refractivity contribution in [2.24, 2.45) is 11.8 Å². The SMILES string of the molecule is O=C1CC(C(=O)NCCc2ccccc2)C2C(=O)NC(Nc3cc(Cl)cc(Cl)c3)NC2N1. The summed E-state index contributed by atoms with van der Waals surface area (Å²) >= 11 is 12.1. The molecule has 0 saturated carbocycles. The van der Waals surface area contributed by atoms with Crippen molar-refractivity contribution < 1.29 is 14.4 Å². The van der Waals surface area contributed by atoms with Gasteiger partial charge >= 0.3 is 0 Å². The molecule has 5 N–H and O–H groups in total. The number of fused-ring (bicyclic) bond motifs is 1. The molecule has 3 amide bonds. The van der Waals surface area contributed by atoms with Crippen LogP contribution in [0.3, 0.4) is 0 Å². The molecule has 2 heterocycles. The van der Waals surface area contributed by atoms with Gasteiger partial charge in [-0.15, -0.1) is 0 Å². The number of hydrogen-bond acceptors (Lipinski definition) is 5. The molecule has 8 nitrogen and oxygen atoms in total. The van der Waals surface area contributed by atoms with Crippen molar-refractivity contribution in [1.29, 1.82) is 0 Å². The summed E-state index contributed by atoms with van der Waals surface area (Å²) in [5.41, 5.74) is 1.69. The first-order valence-electron chi connectivity index (χ1n) is 10.3. The summed E-state index contributed by atoms with van der Waals surface area (Å²) in [6.45, 7) is 0.424. The monoisotopic (exact) mass is 475 g/mol. The van der Waals surface area contributed by atoms with E-state index in [9.17, 15) is 14.4 Å².